The van der Waals surface area contributed by atoms with Crippen LogP contribution in [0.15, 0.2) is 27.8 Å². The molecule has 2 amide bonds. The van der Waals surface area contributed by atoms with Gasteiger partial charge in [0.1, 0.15) is 0 Å². The second-order valence-electron chi connectivity index (χ2n) is 6.17. The standard InChI is InChI=1S/C16H18N4O4/c1-8(2)20-7-9(6-12(20)21)14(22)17-11-5-3-4-10-13(11)16(24)19-18-15(10)23/h3-5,8-9H,6-7H2,1-2H3,(H,17,22)(H,18,23)(H,19,24)/t9-/m0/s1. The van der Waals surface area contributed by atoms with Crippen LogP contribution in [0.3, 0.4) is 0 Å². The molecule has 1 atom stereocenters. The summed E-state index contributed by atoms with van der Waals surface area (Å²) < 4.78 is 0. The molecule has 2 heterocycles. The lowest BCUT2D eigenvalue weighted by atomic mass is 10.1. The number of carbonyl (C=O) groups is 2. The normalized spacial score (nSPS) is 17.7. The lowest BCUT2D eigenvalue weighted by Crippen LogP contribution is -2.33. The average Bonchev–Trinajstić information content (AvgIpc) is 2.93. The number of aromatic nitrogens is 2. The van der Waals surface area contributed by atoms with Crippen LogP contribution in [-0.2, 0) is 9.59 Å². The number of nitrogens with one attached hydrogen (secondary N) is 3. The second-order valence-corrected chi connectivity index (χ2v) is 6.17. The van der Waals surface area contributed by atoms with E-state index in [-0.39, 0.29) is 40.7 Å². The van der Waals surface area contributed by atoms with E-state index in [1.165, 1.54) is 6.07 Å². The van der Waals surface area contributed by atoms with E-state index in [1.807, 2.05) is 13.8 Å². The molecule has 126 valence electrons. The van der Waals surface area contributed by atoms with Crippen molar-refractivity contribution in [2.24, 2.45) is 5.92 Å². The van der Waals surface area contributed by atoms with Crippen molar-refractivity contribution in [2.45, 2.75) is 26.3 Å². The molecule has 1 aliphatic rings. The summed E-state index contributed by atoms with van der Waals surface area (Å²) in [4.78, 5) is 49.9. The van der Waals surface area contributed by atoms with E-state index in [1.54, 1.807) is 17.0 Å². The van der Waals surface area contributed by atoms with Crippen molar-refractivity contribution in [2.75, 3.05) is 11.9 Å². The predicted molar refractivity (Wildman–Crippen MR) is 88.8 cm³/mol. The molecular formula is C16H18N4O4. The van der Waals surface area contributed by atoms with Crippen molar-refractivity contribution < 1.29 is 9.59 Å². The van der Waals surface area contributed by atoms with Gasteiger partial charge in [0.25, 0.3) is 11.1 Å². The van der Waals surface area contributed by atoms with Gasteiger partial charge in [0, 0.05) is 19.0 Å². The number of hydrogen-bond donors (Lipinski definition) is 3. The fourth-order valence-electron chi connectivity index (χ4n) is 2.97. The van der Waals surface area contributed by atoms with E-state index in [0.29, 0.717) is 6.54 Å². The molecule has 0 radical (unpaired) electrons. The molecule has 0 saturated carbocycles. The summed E-state index contributed by atoms with van der Waals surface area (Å²) in [5, 5.41) is 7.50. The van der Waals surface area contributed by atoms with Gasteiger partial charge in [-0.25, -0.2) is 0 Å². The van der Waals surface area contributed by atoms with Crippen LogP contribution in [0.5, 0.6) is 0 Å². The second kappa shape index (κ2) is 5.95. The van der Waals surface area contributed by atoms with Gasteiger partial charge in [-0.05, 0) is 26.0 Å². The van der Waals surface area contributed by atoms with Crippen LogP contribution in [-0.4, -0.2) is 39.5 Å². The van der Waals surface area contributed by atoms with Crippen molar-refractivity contribution in [3.63, 3.8) is 0 Å². The molecule has 0 unspecified atom stereocenters. The molecule has 1 saturated heterocycles. The largest absolute Gasteiger partial charge is 0.339 e. The third-order valence-corrected chi connectivity index (χ3v) is 4.24. The smallest absolute Gasteiger partial charge is 0.272 e. The quantitative estimate of drug-likeness (QED) is 0.756. The van der Waals surface area contributed by atoms with Crippen LogP contribution in [0.2, 0.25) is 0 Å². The minimum absolute atomic E-state index is 0.0364. The highest BCUT2D eigenvalue weighted by atomic mass is 16.2. The highest BCUT2D eigenvalue weighted by Gasteiger charge is 2.35. The molecule has 8 nitrogen and oxygen atoms in total. The molecule has 1 fully saturated rings. The SMILES string of the molecule is CC(C)N1C[C@@H](C(=O)Nc2cccc3c(=O)[nH][nH]c(=O)c23)CC1=O. The molecule has 3 N–H and O–H groups in total. The summed E-state index contributed by atoms with van der Waals surface area (Å²) in [6.07, 6.45) is 0.145. The fourth-order valence-corrected chi connectivity index (χ4v) is 2.97. The maximum Gasteiger partial charge on any atom is 0.272 e. The van der Waals surface area contributed by atoms with E-state index in [2.05, 4.69) is 15.5 Å². The fraction of sp³-hybridized carbons (Fsp3) is 0.375. The van der Waals surface area contributed by atoms with Crippen molar-refractivity contribution >= 4 is 28.3 Å². The topological polar surface area (TPSA) is 115 Å². The van der Waals surface area contributed by atoms with Crippen LogP contribution >= 0.6 is 0 Å². The van der Waals surface area contributed by atoms with Crippen LogP contribution in [0.25, 0.3) is 10.8 Å². The molecule has 0 spiro atoms. The molecular weight excluding hydrogens is 312 g/mol. The summed E-state index contributed by atoms with van der Waals surface area (Å²) in [6.45, 7) is 4.15. The third-order valence-electron chi connectivity index (χ3n) is 4.24. The minimum Gasteiger partial charge on any atom is -0.339 e. The van der Waals surface area contributed by atoms with Crippen LogP contribution < -0.4 is 16.4 Å². The van der Waals surface area contributed by atoms with Gasteiger partial charge in [-0.2, -0.15) is 0 Å². The Morgan fingerprint density at radius 3 is 2.58 bits per heavy atom. The highest BCUT2D eigenvalue weighted by Crippen LogP contribution is 2.23. The van der Waals surface area contributed by atoms with E-state index in [9.17, 15) is 19.2 Å². The van der Waals surface area contributed by atoms with Crippen LogP contribution in [0.4, 0.5) is 5.69 Å². The van der Waals surface area contributed by atoms with Gasteiger partial charge < -0.3 is 10.2 Å². The minimum atomic E-state index is -0.494. The number of fused-ring (bicyclic) bond motifs is 1. The zero-order valence-electron chi connectivity index (χ0n) is 13.4. The van der Waals surface area contributed by atoms with Gasteiger partial charge in [0.05, 0.1) is 22.4 Å². The van der Waals surface area contributed by atoms with Crippen molar-refractivity contribution in [1.29, 1.82) is 0 Å². The van der Waals surface area contributed by atoms with Gasteiger partial charge in [-0.1, -0.05) is 6.07 Å². The molecule has 24 heavy (non-hydrogen) atoms. The number of aromatic amines is 2. The van der Waals surface area contributed by atoms with Crippen molar-refractivity contribution in [3.8, 4) is 0 Å². The molecule has 2 aromatic rings. The van der Waals surface area contributed by atoms with E-state index < -0.39 is 17.0 Å². The van der Waals surface area contributed by atoms with E-state index >= 15 is 0 Å². The first-order valence-corrected chi connectivity index (χ1v) is 7.72. The lowest BCUT2D eigenvalue weighted by molar-refractivity contribution is -0.129. The number of H-pyrrole nitrogens is 2. The number of anilines is 1. The van der Waals surface area contributed by atoms with Crippen molar-refractivity contribution in [1.82, 2.24) is 15.1 Å². The number of likely N-dealkylation sites (tertiary alicyclic amines) is 1. The Kier molecular flexibility index (Phi) is 3.96. The molecule has 1 aliphatic heterocycles. The van der Waals surface area contributed by atoms with E-state index in [4.69, 9.17) is 0 Å². The molecule has 1 aromatic carbocycles. The van der Waals surface area contributed by atoms with Gasteiger partial charge >= 0.3 is 0 Å². The number of rotatable bonds is 3. The Bertz CT molecular complexity index is 928. The zero-order chi connectivity index (χ0) is 17.4. The Morgan fingerprint density at radius 1 is 1.21 bits per heavy atom. The van der Waals surface area contributed by atoms with E-state index in [0.717, 1.165) is 0 Å². The zero-order valence-corrected chi connectivity index (χ0v) is 13.4. The molecule has 8 heteroatoms. The molecule has 1 aromatic heterocycles. The lowest BCUT2D eigenvalue weighted by Gasteiger charge is -2.20. The van der Waals surface area contributed by atoms with Gasteiger partial charge in [-0.15, -0.1) is 0 Å². The Balaban J connectivity index is 1.90. The summed E-state index contributed by atoms with van der Waals surface area (Å²) in [7, 11) is 0. The molecule has 0 aliphatic carbocycles. The summed E-state index contributed by atoms with van der Waals surface area (Å²) in [6, 6.07) is 4.70. The first-order chi connectivity index (χ1) is 11.4. The predicted octanol–water partition coefficient (Wildman–Crippen LogP) is 0.412. The summed E-state index contributed by atoms with van der Waals surface area (Å²) >= 11 is 0. The van der Waals surface area contributed by atoms with Crippen molar-refractivity contribution in [3.05, 3.63) is 38.9 Å². The van der Waals surface area contributed by atoms with Gasteiger partial charge in [0.2, 0.25) is 11.8 Å². The Labute approximate surface area is 136 Å². The third kappa shape index (κ3) is 2.70. The van der Waals surface area contributed by atoms with Gasteiger partial charge in [0.15, 0.2) is 0 Å². The van der Waals surface area contributed by atoms with Crippen LogP contribution in [0, 0.1) is 5.92 Å². The first-order valence-electron chi connectivity index (χ1n) is 7.72. The van der Waals surface area contributed by atoms with Crippen LogP contribution in [0.1, 0.15) is 20.3 Å². The first kappa shape index (κ1) is 16.0. The Morgan fingerprint density at radius 2 is 1.92 bits per heavy atom. The maximum absolute atomic E-state index is 12.5. The maximum atomic E-state index is 12.5. The number of amides is 2. The number of carbonyl (C=O) groups excluding carboxylic acids is 2. The van der Waals surface area contributed by atoms with Gasteiger partial charge in [-0.3, -0.25) is 29.4 Å². The summed E-state index contributed by atoms with van der Waals surface area (Å²) in [5.41, 5.74) is -0.671. The highest BCUT2D eigenvalue weighted by molar-refractivity contribution is 6.03. The number of nitrogens with zero attached hydrogens (tertiary/aromatic N) is 1. The Hall–Kier alpha value is -2.90. The molecule has 0 bridgehead atoms. The summed E-state index contributed by atoms with van der Waals surface area (Å²) in [5.74, 6) is -0.868. The monoisotopic (exact) mass is 330 g/mol. The average molecular weight is 330 g/mol. The number of benzene rings is 1. The number of hydrogen-bond acceptors (Lipinski definition) is 4. The molecule has 3 rings (SSSR count).